The summed E-state index contributed by atoms with van der Waals surface area (Å²) >= 11 is 0. The number of hydrogen-bond acceptors (Lipinski definition) is 1. The maximum Gasteiger partial charge on any atom is 0.130 e. The number of alkyl halides is 1. The van der Waals surface area contributed by atoms with E-state index in [9.17, 15) is 9.18 Å². The Kier molecular flexibility index (Phi) is 3.03. The maximum atomic E-state index is 12.6. The molecule has 0 bridgehead atoms. The molecule has 0 aromatic heterocycles. The molecule has 1 aliphatic carbocycles. The summed E-state index contributed by atoms with van der Waals surface area (Å²) in [5.41, 5.74) is 0. The van der Waals surface area contributed by atoms with Gasteiger partial charge in [0.05, 0.1) is 0 Å². The molecule has 1 nitrogen and oxygen atoms in total. The Labute approximate surface area is 67.0 Å². The molecular weight excluding hydrogens is 143 g/mol. The van der Waals surface area contributed by atoms with Crippen LogP contribution in [0.1, 0.15) is 39.0 Å². The zero-order chi connectivity index (χ0) is 8.27. The Morgan fingerprint density at radius 1 is 1.36 bits per heavy atom. The Bertz CT molecular complexity index is 136. The Hall–Kier alpha value is -0.400. The SMILES string of the molecule is CC(=O)CC1CCC(F)CC1. The zero-order valence-corrected chi connectivity index (χ0v) is 6.98. The van der Waals surface area contributed by atoms with E-state index in [-0.39, 0.29) is 5.78 Å². The molecule has 0 radical (unpaired) electrons. The third-order valence-corrected chi connectivity index (χ3v) is 2.35. The molecule has 1 aliphatic rings. The number of carbonyl (C=O) groups excluding carboxylic acids is 1. The van der Waals surface area contributed by atoms with Gasteiger partial charge in [-0.25, -0.2) is 4.39 Å². The maximum absolute atomic E-state index is 12.6. The van der Waals surface area contributed by atoms with Crippen molar-refractivity contribution in [3.8, 4) is 0 Å². The number of carbonyl (C=O) groups is 1. The summed E-state index contributed by atoms with van der Waals surface area (Å²) < 4.78 is 12.6. The molecule has 2 heteroatoms. The van der Waals surface area contributed by atoms with Crippen LogP contribution < -0.4 is 0 Å². The Morgan fingerprint density at radius 2 is 1.91 bits per heavy atom. The van der Waals surface area contributed by atoms with Gasteiger partial charge < -0.3 is 4.79 Å². The lowest BCUT2D eigenvalue weighted by atomic mass is 9.85. The second-order valence-corrected chi connectivity index (χ2v) is 3.52. The van der Waals surface area contributed by atoms with Crippen LogP contribution in [0.2, 0.25) is 0 Å². The van der Waals surface area contributed by atoms with Crippen molar-refractivity contribution in [3.05, 3.63) is 0 Å². The van der Waals surface area contributed by atoms with Gasteiger partial charge in [0.25, 0.3) is 0 Å². The molecule has 0 aliphatic heterocycles. The molecule has 1 fully saturated rings. The lowest BCUT2D eigenvalue weighted by Gasteiger charge is -2.22. The first-order valence-electron chi connectivity index (χ1n) is 4.32. The van der Waals surface area contributed by atoms with Crippen molar-refractivity contribution in [1.29, 1.82) is 0 Å². The molecule has 0 spiro atoms. The number of hydrogen-bond donors (Lipinski definition) is 0. The highest BCUT2D eigenvalue weighted by Crippen LogP contribution is 2.28. The molecule has 1 rings (SSSR count). The smallest absolute Gasteiger partial charge is 0.130 e. The molecule has 64 valence electrons. The molecule has 0 aromatic rings. The van der Waals surface area contributed by atoms with E-state index in [2.05, 4.69) is 0 Å². The van der Waals surface area contributed by atoms with E-state index in [1.54, 1.807) is 6.92 Å². The van der Waals surface area contributed by atoms with E-state index < -0.39 is 6.17 Å². The van der Waals surface area contributed by atoms with Crippen LogP contribution in [0.25, 0.3) is 0 Å². The number of Topliss-reactive ketones (excluding diaryl/α,β-unsaturated/α-hetero) is 1. The van der Waals surface area contributed by atoms with E-state index in [0.29, 0.717) is 25.2 Å². The van der Waals surface area contributed by atoms with Gasteiger partial charge in [-0.05, 0) is 38.5 Å². The van der Waals surface area contributed by atoms with E-state index in [4.69, 9.17) is 0 Å². The fourth-order valence-corrected chi connectivity index (χ4v) is 1.73. The standard InChI is InChI=1S/C9H15FO/c1-7(11)6-8-2-4-9(10)5-3-8/h8-9H,2-6H2,1H3. The predicted octanol–water partition coefficient (Wildman–Crippen LogP) is 2.49. The minimum Gasteiger partial charge on any atom is -0.300 e. The lowest BCUT2D eigenvalue weighted by Crippen LogP contribution is -2.16. The first kappa shape index (κ1) is 8.69. The summed E-state index contributed by atoms with van der Waals surface area (Å²) in [6.07, 6.45) is 3.20. The minimum atomic E-state index is -0.599. The van der Waals surface area contributed by atoms with Crippen LogP contribution in [-0.2, 0) is 4.79 Å². The third kappa shape index (κ3) is 3.00. The molecule has 0 unspecified atom stereocenters. The minimum absolute atomic E-state index is 0.243. The monoisotopic (exact) mass is 158 g/mol. The van der Waals surface area contributed by atoms with E-state index >= 15 is 0 Å². The molecule has 0 heterocycles. The molecule has 0 N–H and O–H groups in total. The van der Waals surface area contributed by atoms with Crippen molar-refractivity contribution >= 4 is 5.78 Å². The van der Waals surface area contributed by atoms with E-state index in [1.165, 1.54) is 0 Å². The topological polar surface area (TPSA) is 17.1 Å². The largest absolute Gasteiger partial charge is 0.300 e. The first-order chi connectivity index (χ1) is 5.18. The van der Waals surface area contributed by atoms with Gasteiger partial charge >= 0.3 is 0 Å². The van der Waals surface area contributed by atoms with E-state index in [1.807, 2.05) is 0 Å². The fourth-order valence-electron chi connectivity index (χ4n) is 1.73. The van der Waals surface area contributed by atoms with Gasteiger partial charge in [0, 0.05) is 6.42 Å². The molecule has 0 amide bonds. The zero-order valence-electron chi connectivity index (χ0n) is 6.98. The van der Waals surface area contributed by atoms with Crippen molar-refractivity contribution < 1.29 is 9.18 Å². The molecule has 0 atom stereocenters. The third-order valence-electron chi connectivity index (χ3n) is 2.35. The van der Waals surface area contributed by atoms with Gasteiger partial charge in [-0.3, -0.25) is 0 Å². The van der Waals surface area contributed by atoms with E-state index in [0.717, 1.165) is 12.8 Å². The van der Waals surface area contributed by atoms with Crippen molar-refractivity contribution in [1.82, 2.24) is 0 Å². The van der Waals surface area contributed by atoms with Crippen LogP contribution in [0.5, 0.6) is 0 Å². The predicted molar refractivity (Wildman–Crippen MR) is 42.2 cm³/mol. The van der Waals surface area contributed by atoms with Gasteiger partial charge in [-0.1, -0.05) is 0 Å². The average molecular weight is 158 g/mol. The van der Waals surface area contributed by atoms with Gasteiger partial charge in [-0.15, -0.1) is 0 Å². The highest BCUT2D eigenvalue weighted by atomic mass is 19.1. The summed E-state index contributed by atoms with van der Waals surface area (Å²) in [5, 5.41) is 0. The van der Waals surface area contributed by atoms with Crippen LogP contribution in [-0.4, -0.2) is 12.0 Å². The highest BCUT2D eigenvalue weighted by molar-refractivity contribution is 5.75. The average Bonchev–Trinajstić information content (AvgIpc) is 1.93. The Balaban J connectivity index is 2.22. The summed E-state index contributed by atoms with van der Waals surface area (Å²) in [6.45, 7) is 1.61. The lowest BCUT2D eigenvalue weighted by molar-refractivity contribution is -0.118. The molecule has 11 heavy (non-hydrogen) atoms. The summed E-state index contributed by atoms with van der Waals surface area (Å²) in [7, 11) is 0. The van der Waals surface area contributed by atoms with Crippen LogP contribution in [0.4, 0.5) is 4.39 Å². The van der Waals surface area contributed by atoms with Crippen LogP contribution in [0.3, 0.4) is 0 Å². The second kappa shape index (κ2) is 3.84. The highest BCUT2D eigenvalue weighted by Gasteiger charge is 2.21. The summed E-state index contributed by atoms with van der Waals surface area (Å²) in [6, 6.07) is 0. The van der Waals surface area contributed by atoms with Gasteiger partial charge in [0.1, 0.15) is 12.0 Å². The second-order valence-electron chi connectivity index (χ2n) is 3.52. The van der Waals surface area contributed by atoms with Crippen LogP contribution >= 0.6 is 0 Å². The normalized spacial score (nSPS) is 31.8. The molecule has 1 saturated carbocycles. The van der Waals surface area contributed by atoms with Gasteiger partial charge in [0.15, 0.2) is 0 Å². The molecule has 0 saturated heterocycles. The van der Waals surface area contributed by atoms with Crippen molar-refractivity contribution in [2.75, 3.05) is 0 Å². The number of rotatable bonds is 2. The van der Waals surface area contributed by atoms with Crippen LogP contribution in [0, 0.1) is 5.92 Å². The Morgan fingerprint density at radius 3 is 2.36 bits per heavy atom. The fraction of sp³-hybridized carbons (Fsp3) is 0.889. The molecule has 0 aromatic carbocycles. The number of halogens is 1. The van der Waals surface area contributed by atoms with Crippen molar-refractivity contribution in [3.63, 3.8) is 0 Å². The van der Waals surface area contributed by atoms with Crippen LogP contribution in [0.15, 0.2) is 0 Å². The molecular formula is C9H15FO. The summed E-state index contributed by atoms with van der Waals surface area (Å²) in [4.78, 5) is 10.7. The number of ketones is 1. The van der Waals surface area contributed by atoms with Crippen molar-refractivity contribution in [2.24, 2.45) is 5.92 Å². The van der Waals surface area contributed by atoms with Gasteiger partial charge in [0.2, 0.25) is 0 Å². The van der Waals surface area contributed by atoms with Gasteiger partial charge in [-0.2, -0.15) is 0 Å². The quantitative estimate of drug-likeness (QED) is 0.603. The van der Waals surface area contributed by atoms with Crippen molar-refractivity contribution in [2.45, 2.75) is 45.2 Å². The summed E-state index contributed by atoms with van der Waals surface area (Å²) in [5.74, 6) is 0.715. The first-order valence-corrected chi connectivity index (χ1v) is 4.32.